The van der Waals surface area contributed by atoms with E-state index in [4.69, 9.17) is 4.74 Å². The van der Waals surface area contributed by atoms with Crippen LogP contribution >= 0.6 is 0 Å². The topological polar surface area (TPSA) is 78.2 Å². The summed E-state index contributed by atoms with van der Waals surface area (Å²) in [4.78, 5) is 31.6. The number of nitrogens with one attached hydrogen (secondary N) is 2. The second-order valence-electron chi connectivity index (χ2n) is 6.56. The smallest absolute Gasteiger partial charge is 0.323 e. The van der Waals surface area contributed by atoms with Gasteiger partial charge in [-0.2, -0.15) is 0 Å². The van der Waals surface area contributed by atoms with Gasteiger partial charge in [0, 0.05) is 6.54 Å². The summed E-state index contributed by atoms with van der Waals surface area (Å²) in [6.07, 6.45) is 4.04. The molecule has 1 aromatic heterocycles. The molecule has 1 amide bonds. The number of ether oxygens (including phenoxy) is 1. The van der Waals surface area contributed by atoms with Gasteiger partial charge in [0.15, 0.2) is 0 Å². The molecule has 2 aliphatic rings. The summed E-state index contributed by atoms with van der Waals surface area (Å²) in [5, 5.41) is 0. The van der Waals surface area contributed by atoms with Crippen LogP contribution in [0.25, 0.3) is 11.0 Å². The minimum absolute atomic E-state index is 0.155. The van der Waals surface area contributed by atoms with Crippen LogP contribution in [0.2, 0.25) is 0 Å². The first kappa shape index (κ1) is 14.5. The van der Waals surface area contributed by atoms with Crippen molar-refractivity contribution in [3.05, 3.63) is 34.2 Å². The molecule has 1 aliphatic heterocycles. The van der Waals surface area contributed by atoms with Crippen LogP contribution in [0, 0.1) is 5.92 Å². The summed E-state index contributed by atoms with van der Waals surface area (Å²) in [5.74, 6) is 0.755. The Kier molecular flexibility index (Phi) is 3.69. The average molecular weight is 315 g/mol. The van der Waals surface area contributed by atoms with Gasteiger partial charge in [-0.25, -0.2) is 4.79 Å². The number of morpholine rings is 1. The van der Waals surface area contributed by atoms with Crippen molar-refractivity contribution in [2.75, 3.05) is 19.8 Å². The number of aromatic amines is 2. The second kappa shape index (κ2) is 5.85. The Bertz CT molecular complexity index is 775. The largest absolute Gasteiger partial charge is 0.377 e. The lowest BCUT2D eigenvalue weighted by atomic mass is 9.79. The van der Waals surface area contributed by atoms with Gasteiger partial charge in [0.2, 0.25) is 5.91 Å². The van der Waals surface area contributed by atoms with Crippen molar-refractivity contribution in [3.8, 4) is 0 Å². The van der Waals surface area contributed by atoms with Crippen LogP contribution < -0.4 is 5.69 Å². The number of fused-ring (bicyclic) bond motifs is 1. The maximum absolute atomic E-state index is 12.8. The Morgan fingerprint density at radius 2 is 2.09 bits per heavy atom. The van der Waals surface area contributed by atoms with Crippen LogP contribution in [0.5, 0.6) is 0 Å². The highest BCUT2D eigenvalue weighted by molar-refractivity contribution is 5.82. The number of nitrogens with zero attached hydrogens (tertiary/aromatic N) is 1. The molecule has 122 valence electrons. The monoisotopic (exact) mass is 315 g/mol. The molecular formula is C17H21N3O3. The van der Waals surface area contributed by atoms with Gasteiger partial charge >= 0.3 is 5.69 Å². The minimum Gasteiger partial charge on any atom is -0.377 e. The number of rotatable bonds is 3. The van der Waals surface area contributed by atoms with E-state index in [1.54, 1.807) is 0 Å². The molecule has 0 bridgehead atoms. The number of hydrogen-bond donors (Lipinski definition) is 2. The van der Waals surface area contributed by atoms with Gasteiger partial charge in [-0.3, -0.25) is 4.79 Å². The Morgan fingerprint density at radius 1 is 1.26 bits per heavy atom. The highest BCUT2D eigenvalue weighted by atomic mass is 16.5. The molecule has 0 radical (unpaired) electrons. The molecule has 1 atom stereocenters. The summed E-state index contributed by atoms with van der Waals surface area (Å²) < 4.78 is 5.59. The zero-order valence-electron chi connectivity index (χ0n) is 13.0. The van der Waals surface area contributed by atoms with Crippen LogP contribution in [0.3, 0.4) is 0 Å². The lowest BCUT2D eigenvalue weighted by Crippen LogP contribution is -2.53. The molecule has 2 heterocycles. The fourth-order valence-corrected chi connectivity index (χ4v) is 3.61. The van der Waals surface area contributed by atoms with Crippen molar-refractivity contribution < 1.29 is 9.53 Å². The molecule has 1 saturated heterocycles. The molecule has 6 nitrogen and oxygen atoms in total. The van der Waals surface area contributed by atoms with Gasteiger partial charge in [0.25, 0.3) is 0 Å². The Hall–Kier alpha value is -2.08. The van der Waals surface area contributed by atoms with Crippen LogP contribution in [-0.2, 0) is 16.0 Å². The number of carbonyl (C=O) groups is 1. The molecule has 1 saturated carbocycles. The number of hydrogen-bond acceptors (Lipinski definition) is 3. The zero-order chi connectivity index (χ0) is 15.8. The zero-order valence-corrected chi connectivity index (χ0v) is 13.0. The van der Waals surface area contributed by atoms with Crippen molar-refractivity contribution in [2.24, 2.45) is 5.92 Å². The lowest BCUT2D eigenvalue weighted by Gasteiger charge is -2.43. The predicted octanol–water partition coefficient (Wildman–Crippen LogP) is 1.43. The lowest BCUT2D eigenvalue weighted by molar-refractivity contribution is -0.143. The third kappa shape index (κ3) is 2.79. The van der Waals surface area contributed by atoms with Crippen LogP contribution in [0.15, 0.2) is 23.0 Å². The van der Waals surface area contributed by atoms with E-state index in [9.17, 15) is 9.59 Å². The Morgan fingerprint density at radius 3 is 2.87 bits per heavy atom. The third-order valence-electron chi connectivity index (χ3n) is 5.12. The number of amides is 1. The second-order valence-corrected chi connectivity index (χ2v) is 6.56. The normalized spacial score (nSPS) is 22.3. The number of carbonyl (C=O) groups excluding carboxylic acids is 1. The summed E-state index contributed by atoms with van der Waals surface area (Å²) in [6.45, 7) is 1.98. The summed E-state index contributed by atoms with van der Waals surface area (Å²) in [7, 11) is 0. The van der Waals surface area contributed by atoms with Crippen LogP contribution in [-0.4, -0.2) is 46.6 Å². The van der Waals surface area contributed by atoms with Crippen LogP contribution in [0.4, 0.5) is 0 Å². The highest BCUT2D eigenvalue weighted by Crippen LogP contribution is 2.33. The van der Waals surface area contributed by atoms with Gasteiger partial charge in [-0.1, -0.05) is 12.5 Å². The SMILES string of the molecule is O=C(Cc1ccc2[nH]c(=O)[nH]c2c1)N1CCOCC1C1CCC1. The predicted molar refractivity (Wildman–Crippen MR) is 86.3 cm³/mol. The van der Waals surface area contributed by atoms with Gasteiger partial charge < -0.3 is 19.6 Å². The quantitative estimate of drug-likeness (QED) is 0.899. The highest BCUT2D eigenvalue weighted by Gasteiger charge is 2.36. The minimum atomic E-state index is -0.221. The van der Waals surface area contributed by atoms with E-state index < -0.39 is 0 Å². The van der Waals surface area contributed by atoms with Crippen molar-refractivity contribution in [1.29, 1.82) is 0 Å². The number of aromatic nitrogens is 2. The molecule has 2 aromatic rings. The molecule has 1 aromatic carbocycles. The molecule has 0 spiro atoms. The van der Waals surface area contributed by atoms with E-state index in [0.717, 1.165) is 16.6 Å². The number of imidazole rings is 1. The summed E-state index contributed by atoms with van der Waals surface area (Å²) >= 11 is 0. The average Bonchev–Trinajstić information content (AvgIpc) is 2.85. The van der Waals surface area contributed by atoms with E-state index >= 15 is 0 Å². The summed E-state index contributed by atoms with van der Waals surface area (Å²) in [5.41, 5.74) is 2.22. The van der Waals surface area contributed by atoms with Gasteiger partial charge in [0.05, 0.1) is 36.7 Å². The molecule has 1 aliphatic carbocycles. The van der Waals surface area contributed by atoms with E-state index in [-0.39, 0.29) is 17.6 Å². The van der Waals surface area contributed by atoms with Crippen molar-refractivity contribution >= 4 is 16.9 Å². The van der Waals surface area contributed by atoms with Gasteiger partial charge in [-0.05, 0) is 36.5 Å². The molecular weight excluding hydrogens is 294 g/mol. The fraction of sp³-hybridized carbons (Fsp3) is 0.529. The Labute approximate surface area is 133 Å². The molecule has 2 fully saturated rings. The number of H-pyrrole nitrogens is 2. The number of benzene rings is 1. The van der Waals surface area contributed by atoms with E-state index in [0.29, 0.717) is 32.1 Å². The van der Waals surface area contributed by atoms with E-state index in [2.05, 4.69) is 9.97 Å². The molecule has 23 heavy (non-hydrogen) atoms. The summed E-state index contributed by atoms with van der Waals surface area (Å²) in [6, 6.07) is 5.87. The van der Waals surface area contributed by atoms with Crippen molar-refractivity contribution in [2.45, 2.75) is 31.7 Å². The molecule has 4 rings (SSSR count). The fourth-order valence-electron chi connectivity index (χ4n) is 3.61. The van der Waals surface area contributed by atoms with Crippen molar-refractivity contribution in [3.63, 3.8) is 0 Å². The van der Waals surface area contributed by atoms with E-state index in [1.807, 2.05) is 23.1 Å². The van der Waals surface area contributed by atoms with Crippen LogP contribution in [0.1, 0.15) is 24.8 Å². The molecule has 1 unspecified atom stereocenters. The molecule has 2 N–H and O–H groups in total. The first-order chi connectivity index (χ1) is 11.2. The maximum Gasteiger partial charge on any atom is 0.323 e. The molecule has 6 heteroatoms. The third-order valence-corrected chi connectivity index (χ3v) is 5.12. The standard InChI is InChI=1S/C17H21N3O3/c21-16(20-6-7-23-10-15(20)12-2-1-3-12)9-11-4-5-13-14(8-11)19-17(22)18-13/h4-5,8,12,15H,1-3,6-7,9-10H2,(H2,18,19,22). The first-order valence-electron chi connectivity index (χ1n) is 8.29. The van der Waals surface area contributed by atoms with Gasteiger partial charge in [-0.15, -0.1) is 0 Å². The van der Waals surface area contributed by atoms with E-state index in [1.165, 1.54) is 19.3 Å². The van der Waals surface area contributed by atoms with Gasteiger partial charge in [0.1, 0.15) is 0 Å². The Balaban J connectivity index is 1.51. The maximum atomic E-state index is 12.8. The van der Waals surface area contributed by atoms with Crippen molar-refractivity contribution in [1.82, 2.24) is 14.9 Å². The first-order valence-corrected chi connectivity index (χ1v) is 8.29.